The van der Waals surface area contributed by atoms with Gasteiger partial charge in [0.1, 0.15) is 0 Å². The fourth-order valence-corrected chi connectivity index (χ4v) is 1.33. The first kappa shape index (κ1) is 10.3. The van der Waals surface area contributed by atoms with Gasteiger partial charge in [-0.3, -0.25) is 0 Å². The maximum Gasteiger partial charge on any atom is 0.00748 e. The monoisotopic (exact) mass is 162 g/mol. The first-order valence-electron chi connectivity index (χ1n) is 3.79. The molecule has 0 saturated heterocycles. The first-order chi connectivity index (χ1) is 4.77. The normalized spacial score (nSPS) is 10.8. The molecule has 0 amide bonds. The number of hydrogen-bond donors (Lipinski definition) is 2. The van der Waals surface area contributed by atoms with Gasteiger partial charge in [-0.2, -0.15) is 11.8 Å². The van der Waals surface area contributed by atoms with Gasteiger partial charge in [-0.25, -0.2) is 0 Å². The lowest BCUT2D eigenvalue weighted by atomic mass is 10.6. The van der Waals surface area contributed by atoms with Crippen molar-refractivity contribution in [2.75, 3.05) is 25.4 Å². The van der Waals surface area contributed by atoms with E-state index in [2.05, 4.69) is 19.2 Å². The van der Waals surface area contributed by atoms with Gasteiger partial charge < -0.3 is 11.1 Å². The highest BCUT2D eigenvalue weighted by atomic mass is 32.2. The van der Waals surface area contributed by atoms with Crippen LogP contribution in [0.1, 0.15) is 13.8 Å². The summed E-state index contributed by atoms with van der Waals surface area (Å²) in [7, 11) is 0. The molecule has 3 heteroatoms. The van der Waals surface area contributed by atoms with E-state index in [4.69, 9.17) is 5.73 Å². The lowest BCUT2D eigenvalue weighted by Crippen LogP contribution is -2.24. The van der Waals surface area contributed by atoms with Crippen LogP contribution in [0.15, 0.2) is 0 Å². The van der Waals surface area contributed by atoms with E-state index in [1.165, 1.54) is 5.75 Å². The van der Waals surface area contributed by atoms with Gasteiger partial charge in [0.05, 0.1) is 0 Å². The lowest BCUT2D eigenvalue weighted by Gasteiger charge is -2.04. The molecular formula is C7H18N2S. The van der Waals surface area contributed by atoms with Gasteiger partial charge in [-0.15, -0.1) is 0 Å². The zero-order valence-corrected chi connectivity index (χ0v) is 7.71. The van der Waals surface area contributed by atoms with Crippen LogP contribution >= 0.6 is 11.8 Å². The molecule has 0 unspecified atom stereocenters. The molecule has 62 valence electrons. The molecule has 0 bridgehead atoms. The maximum absolute atomic E-state index is 5.30. The Balaban J connectivity index is 2.77. The number of rotatable bonds is 6. The van der Waals surface area contributed by atoms with E-state index < -0.39 is 0 Å². The molecule has 0 fully saturated rings. The molecule has 0 saturated carbocycles. The van der Waals surface area contributed by atoms with Gasteiger partial charge in [0.15, 0.2) is 0 Å². The van der Waals surface area contributed by atoms with Gasteiger partial charge in [0.2, 0.25) is 0 Å². The molecule has 0 aliphatic carbocycles. The Labute approximate surface area is 67.9 Å². The van der Waals surface area contributed by atoms with Crippen molar-refractivity contribution in [3.05, 3.63) is 0 Å². The van der Waals surface area contributed by atoms with Crippen LogP contribution in [0.5, 0.6) is 0 Å². The van der Waals surface area contributed by atoms with Gasteiger partial charge in [-0.1, -0.05) is 13.8 Å². The van der Waals surface area contributed by atoms with Crippen LogP contribution in [-0.4, -0.2) is 30.6 Å². The third-order valence-corrected chi connectivity index (χ3v) is 2.16. The Kier molecular flexibility index (Phi) is 7.58. The average Bonchev–Trinajstić information content (AvgIpc) is 1.87. The molecule has 0 atom stereocenters. The third kappa shape index (κ3) is 8.27. The topological polar surface area (TPSA) is 38.0 Å². The standard InChI is InChI=1S/C7H18N2S/c1-7(2)10-6-5-9-4-3-8/h7,9H,3-6,8H2,1-2H3. The van der Waals surface area contributed by atoms with Gasteiger partial charge in [0.25, 0.3) is 0 Å². The number of hydrogen-bond acceptors (Lipinski definition) is 3. The molecule has 0 aromatic carbocycles. The number of nitrogens with one attached hydrogen (secondary N) is 1. The average molecular weight is 162 g/mol. The van der Waals surface area contributed by atoms with E-state index in [1.807, 2.05) is 11.8 Å². The Morgan fingerprint density at radius 1 is 1.40 bits per heavy atom. The molecule has 0 aromatic heterocycles. The molecule has 0 aliphatic heterocycles. The molecule has 0 radical (unpaired) electrons. The Morgan fingerprint density at radius 3 is 2.60 bits per heavy atom. The van der Waals surface area contributed by atoms with Crippen molar-refractivity contribution in [3.63, 3.8) is 0 Å². The summed E-state index contributed by atoms with van der Waals surface area (Å²) in [5.74, 6) is 1.19. The number of nitrogens with two attached hydrogens (primary N) is 1. The summed E-state index contributed by atoms with van der Waals surface area (Å²) in [5, 5.41) is 3.99. The zero-order chi connectivity index (χ0) is 7.82. The SMILES string of the molecule is CC(C)SCCNCCN. The van der Waals surface area contributed by atoms with E-state index in [1.54, 1.807) is 0 Å². The van der Waals surface area contributed by atoms with Crippen LogP contribution < -0.4 is 11.1 Å². The van der Waals surface area contributed by atoms with Crippen LogP contribution in [0, 0.1) is 0 Å². The Bertz CT molecular complexity index is 66.6. The molecule has 10 heavy (non-hydrogen) atoms. The summed E-state index contributed by atoms with van der Waals surface area (Å²) in [6, 6.07) is 0. The smallest absolute Gasteiger partial charge is 0.00748 e. The van der Waals surface area contributed by atoms with Crippen molar-refractivity contribution in [3.8, 4) is 0 Å². The fourth-order valence-electron chi connectivity index (χ4n) is 0.594. The first-order valence-corrected chi connectivity index (χ1v) is 4.84. The van der Waals surface area contributed by atoms with Crippen molar-refractivity contribution in [1.29, 1.82) is 0 Å². The van der Waals surface area contributed by atoms with Crippen molar-refractivity contribution in [2.45, 2.75) is 19.1 Å². The summed E-state index contributed by atoms with van der Waals surface area (Å²) in [5.41, 5.74) is 5.30. The summed E-state index contributed by atoms with van der Waals surface area (Å²) < 4.78 is 0. The summed E-state index contributed by atoms with van der Waals surface area (Å²) in [6.07, 6.45) is 0. The molecule has 0 aliphatic rings. The highest BCUT2D eigenvalue weighted by Crippen LogP contribution is 2.06. The summed E-state index contributed by atoms with van der Waals surface area (Å²) in [6.45, 7) is 7.20. The Hall–Kier alpha value is 0.270. The van der Waals surface area contributed by atoms with Gasteiger partial charge in [0, 0.05) is 25.4 Å². The molecule has 0 aromatic rings. The molecule has 0 rings (SSSR count). The molecule has 0 heterocycles. The highest BCUT2D eigenvalue weighted by Gasteiger charge is 1.91. The molecule has 0 spiro atoms. The van der Waals surface area contributed by atoms with Gasteiger partial charge >= 0.3 is 0 Å². The van der Waals surface area contributed by atoms with E-state index in [0.29, 0.717) is 0 Å². The highest BCUT2D eigenvalue weighted by molar-refractivity contribution is 7.99. The van der Waals surface area contributed by atoms with Gasteiger partial charge in [-0.05, 0) is 5.25 Å². The van der Waals surface area contributed by atoms with Crippen molar-refractivity contribution < 1.29 is 0 Å². The molecule has 3 N–H and O–H groups in total. The number of thioether (sulfide) groups is 1. The Morgan fingerprint density at radius 2 is 2.10 bits per heavy atom. The summed E-state index contributed by atoms with van der Waals surface area (Å²) >= 11 is 1.98. The van der Waals surface area contributed by atoms with Crippen molar-refractivity contribution >= 4 is 11.8 Å². The van der Waals surface area contributed by atoms with E-state index in [0.717, 1.165) is 24.9 Å². The minimum Gasteiger partial charge on any atom is -0.329 e. The molecule has 2 nitrogen and oxygen atoms in total. The quantitative estimate of drug-likeness (QED) is 0.564. The van der Waals surface area contributed by atoms with Crippen LogP contribution in [0.4, 0.5) is 0 Å². The van der Waals surface area contributed by atoms with E-state index in [-0.39, 0.29) is 0 Å². The second-order valence-electron chi connectivity index (χ2n) is 2.46. The summed E-state index contributed by atoms with van der Waals surface area (Å²) in [4.78, 5) is 0. The van der Waals surface area contributed by atoms with Crippen LogP contribution in [0.3, 0.4) is 0 Å². The van der Waals surface area contributed by atoms with Crippen LogP contribution in [-0.2, 0) is 0 Å². The molecular weight excluding hydrogens is 144 g/mol. The van der Waals surface area contributed by atoms with E-state index >= 15 is 0 Å². The predicted octanol–water partition coefficient (Wildman–Crippen LogP) is 0.676. The second-order valence-corrected chi connectivity index (χ2v) is 4.14. The zero-order valence-electron chi connectivity index (χ0n) is 6.89. The lowest BCUT2D eigenvalue weighted by molar-refractivity contribution is 0.729. The van der Waals surface area contributed by atoms with Crippen molar-refractivity contribution in [1.82, 2.24) is 5.32 Å². The predicted molar refractivity (Wildman–Crippen MR) is 49.5 cm³/mol. The third-order valence-electron chi connectivity index (χ3n) is 1.05. The maximum atomic E-state index is 5.30. The minimum absolute atomic E-state index is 0.742. The van der Waals surface area contributed by atoms with Crippen LogP contribution in [0.2, 0.25) is 0 Å². The largest absolute Gasteiger partial charge is 0.329 e. The van der Waals surface area contributed by atoms with Crippen LogP contribution in [0.25, 0.3) is 0 Å². The second kappa shape index (κ2) is 7.38. The van der Waals surface area contributed by atoms with Crippen molar-refractivity contribution in [2.24, 2.45) is 5.73 Å². The fraction of sp³-hybridized carbons (Fsp3) is 1.00. The minimum atomic E-state index is 0.742. The van der Waals surface area contributed by atoms with E-state index in [9.17, 15) is 0 Å².